The minimum absolute atomic E-state index is 0.0321. The average Bonchev–Trinajstić information content (AvgIpc) is 2.94. The predicted molar refractivity (Wildman–Crippen MR) is 144 cm³/mol. The van der Waals surface area contributed by atoms with Crippen LogP contribution in [0.1, 0.15) is 36.5 Å². The predicted octanol–water partition coefficient (Wildman–Crippen LogP) is 4.54. The maximum Gasteiger partial charge on any atom is 0.294 e. The van der Waals surface area contributed by atoms with Gasteiger partial charge in [0.1, 0.15) is 0 Å². The van der Waals surface area contributed by atoms with Gasteiger partial charge < -0.3 is 10.2 Å². The molecule has 1 N–H and O–H groups in total. The summed E-state index contributed by atoms with van der Waals surface area (Å²) in [5, 5.41) is 3.10. The van der Waals surface area contributed by atoms with Crippen LogP contribution in [0.2, 0.25) is 0 Å². The molecule has 3 aromatic carbocycles. The fourth-order valence-electron chi connectivity index (χ4n) is 4.92. The average molecular weight is 481 g/mol. The normalized spacial score (nSPS) is 15.7. The molecule has 1 saturated heterocycles. The number of carbonyl (C=O) groups excluding carboxylic acids is 1. The van der Waals surface area contributed by atoms with Gasteiger partial charge in [-0.3, -0.25) is 14.2 Å². The second-order valence-electron chi connectivity index (χ2n) is 9.47. The molecule has 1 aliphatic heterocycles. The smallest absolute Gasteiger partial charge is 0.294 e. The van der Waals surface area contributed by atoms with E-state index in [9.17, 15) is 9.59 Å². The highest BCUT2D eigenvalue weighted by Crippen LogP contribution is 2.22. The molecule has 36 heavy (non-hydrogen) atoms. The number of benzene rings is 3. The number of aromatic nitrogens is 2. The Hall–Kier alpha value is -3.93. The molecule has 6 nitrogen and oxygen atoms in total. The van der Waals surface area contributed by atoms with Gasteiger partial charge in [-0.1, -0.05) is 73.7 Å². The molecule has 6 heteroatoms. The number of fused-ring (bicyclic) bond motifs is 1. The number of para-hydroxylation sites is 2. The van der Waals surface area contributed by atoms with Crippen molar-refractivity contribution in [2.45, 2.75) is 39.3 Å². The number of hydrogen-bond acceptors (Lipinski definition) is 4. The number of aryl methyl sites for hydroxylation is 1. The molecule has 5 rings (SSSR count). The topological polar surface area (TPSA) is 67.2 Å². The molecule has 0 unspecified atom stereocenters. The Balaban J connectivity index is 1.36. The Bertz CT molecular complexity index is 1400. The summed E-state index contributed by atoms with van der Waals surface area (Å²) in [6, 6.07) is 26.1. The summed E-state index contributed by atoms with van der Waals surface area (Å²) in [5.74, 6) is 0.283. The van der Waals surface area contributed by atoms with Crippen molar-refractivity contribution in [1.82, 2.24) is 14.9 Å². The highest BCUT2D eigenvalue weighted by molar-refractivity contribution is 5.80. The molecular weight excluding hydrogens is 448 g/mol. The summed E-state index contributed by atoms with van der Waals surface area (Å²) < 4.78 is 1.80. The zero-order valence-electron chi connectivity index (χ0n) is 20.7. The van der Waals surface area contributed by atoms with E-state index in [-0.39, 0.29) is 17.4 Å². The quantitative estimate of drug-likeness (QED) is 0.422. The van der Waals surface area contributed by atoms with Gasteiger partial charge in [0.25, 0.3) is 5.56 Å². The molecule has 1 fully saturated rings. The fraction of sp³-hybridized carbons (Fsp3) is 0.300. The number of carbonyl (C=O) groups is 1. The summed E-state index contributed by atoms with van der Waals surface area (Å²) in [7, 11) is 0. The first kappa shape index (κ1) is 23.8. The van der Waals surface area contributed by atoms with Gasteiger partial charge in [0.05, 0.1) is 23.5 Å². The largest absolute Gasteiger partial charge is 0.352 e. The van der Waals surface area contributed by atoms with E-state index in [1.807, 2.05) is 59.5 Å². The third kappa shape index (κ3) is 5.18. The van der Waals surface area contributed by atoms with Crippen LogP contribution in [0.5, 0.6) is 0 Å². The zero-order chi connectivity index (χ0) is 24.9. The van der Waals surface area contributed by atoms with E-state index in [1.165, 1.54) is 5.56 Å². The molecule has 1 atom stereocenters. The molecular formula is C30H32N4O2. The van der Waals surface area contributed by atoms with Crippen molar-refractivity contribution < 1.29 is 4.79 Å². The molecule has 184 valence electrons. The second-order valence-corrected chi connectivity index (χ2v) is 9.47. The Kier molecular flexibility index (Phi) is 7.12. The van der Waals surface area contributed by atoms with E-state index >= 15 is 0 Å². The van der Waals surface area contributed by atoms with Crippen LogP contribution in [0.15, 0.2) is 83.7 Å². The number of piperidine rings is 1. The Morgan fingerprint density at radius 1 is 0.944 bits per heavy atom. The van der Waals surface area contributed by atoms with Crippen LogP contribution < -0.4 is 15.8 Å². The molecule has 4 aromatic rings. The van der Waals surface area contributed by atoms with E-state index in [1.54, 1.807) is 4.57 Å². The van der Waals surface area contributed by atoms with E-state index in [0.29, 0.717) is 32.0 Å². The van der Waals surface area contributed by atoms with Crippen molar-refractivity contribution in [3.05, 3.63) is 106 Å². The second kappa shape index (κ2) is 10.8. The summed E-state index contributed by atoms with van der Waals surface area (Å²) in [6.45, 7) is 4.33. The maximum absolute atomic E-state index is 13.7. The molecule has 0 bridgehead atoms. The molecule has 0 spiro atoms. The van der Waals surface area contributed by atoms with Crippen molar-refractivity contribution in [2.75, 3.05) is 18.0 Å². The SMILES string of the molecule is CCc1ccc(CNC(=O)[C@H]2CCCN(c3nc4ccccc4n(Cc4ccccc4)c3=O)C2)cc1. The lowest BCUT2D eigenvalue weighted by Crippen LogP contribution is -2.45. The molecule has 0 aliphatic carbocycles. The van der Waals surface area contributed by atoms with Crippen molar-refractivity contribution in [3.63, 3.8) is 0 Å². The number of hydrogen-bond donors (Lipinski definition) is 1. The lowest BCUT2D eigenvalue weighted by Gasteiger charge is -2.32. The summed E-state index contributed by atoms with van der Waals surface area (Å²) in [4.78, 5) is 33.5. The standard InChI is InChI=1S/C30H32N4O2/c1-2-22-14-16-23(17-15-22)19-31-29(35)25-11-8-18-33(21-25)28-30(36)34(20-24-9-4-3-5-10-24)27-13-7-6-12-26(27)32-28/h3-7,9-10,12-17,25H,2,8,11,18-21H2,1H3,(H,31,35)/t25-/m0/s1. The van der Waals surface area contributed by atoms with E-state index in [0.717, 1.165) is 41.4 Å². The van der Waals surface area contributed by atoms with Gasteiger partial charge in [-0.05, 0) is 48.1 Å². The summed E-state index contributed by atoms with van der Waals surface area (Å²) in [6.07, 6.45) is 2.65. The van der Waals surface area contributed by atoms with Gasteiger partial charge in [0.15, 0.2) is 5.82 Å². The van der Waals surface area contributed by atoms with Crippen LogP contribution in [0, 0.1) is 5.92 Å². The first-order valence-electron chi connectivity index (χ1n) is 12.8. The lowest BCUT2D eigenvalue weighted by atomic mass is 9.97. The minimum atomic E-state index is -0.177. The van der Waals surface area contributed by atoms with Crippen molar-refractivity contribution >= 4 is 22.8 Å². The van der Waals surface area contributed by atoms with Crippen molar-refractivity contribution in [1.29, 1.82) is 0 Å². The first-order chi connectivity index (χ1) is 17.6. The first-order valence-corrected chi connectivity index (χ1v) is 12.8. The van der Waals surface area contributed by atoms with Crippen molar-refractivity contribution in [3.8, 4) is 0 Å². The van der Waals surface area contributed by atoms with Crippen LogP contribution in [0.3, 0.4) is 0 Å². The highest BCUT2D eigenvalue weighted by Gasteiger charge is 2.28. The van der Waals surface area contributed by atoms with Gasteiger partial charge in [0, 0.05) is 19.6 Å². The molecule has 1 amide bonds. The third-order valence-electron chi connectivity index (χ3n) is 7.01. The minimum Gasteiger partial charge on any atom is -0.352 e. The lowest BCUT2D eigenvalue weighted by molar-refractivity contribution is -0.125. The molecule has 2 heterocycles. The van der Waals surface area contributed by atoms with Crippen LogP contribution in [-0.4, -0.2) is 28.5 Å². The number of nitrogens with one attached hydrogen (secondary N) is 1. The Morgan fingerprint density at radius 3 is 2.44 bits per heavy atom. The van der Waals surface area contributed by atoms with Gasteiger partial charge in [-0.15, -0.1) is 0 Å². The van der Waals surface area contributed by atoms with E-state index in [4.69, 9.17) is 4.98 Å². The monoisotopic (exact) mass is 480 g/mol. The molecule has 1 aromatic heterocycles. The number of anilines is 1. The number of amides is 1. The van der Waals surface area contributed by atoms with E-state index < -0.39 is 0 Å². The van der Waals surface area contributed by atoms with Gasteiger partial charge in [-0.25, -0.2) is 4.98 Å². The van der Waals surface area contributed by atoms with Crippen molar-refractivity contribution in [2.24, 2.45) is 5.92 Å². The van der Waals surface area contributed by atoms with Crippen LogP contribution in [-0.2, 0) is 24.3 Å². The van der Waals surface area contributed by atoms with Gasteiger partial charge >= 0.3 is 0 Å². The maximum atomic E-state index is 13.7. The Labute approximate surface area is 211 Å². The third-order valence-corrected chi connectivity index (χ3v) is 7.01. The van der Waals surface area contributed by atoms with Crippen LogP contribution in [0.4, 0.5) is 5.82 Å². The van der Waals surface area contributed by atoms with Crippen LogP contribution in [0.25, 0.3) is 11.0 Å². The zero-order valence-corrected chi connectivity index (χ0v) is 20.7. The number of nitrogens with zero attached hydrogens (tertiary/aromatic N) is 3. The molecule has 0 radical (unpaired) electrons. The summed E-state index contributed by atoms with van der Waals surface area (Å²) >= 11 is 0. The van der Waals surface area contributed by atoms with Gasteiger partial charge in [-0.2, -0.15) is 0 Å². The summed E-state index contributed by atoms with van der Waals surface area (Å²) in [5.41, 5.74) is 4.92. The molecule has 0 saturated carbocycles. The fourth-order valence-corrected chi connectivity index (χ4v) is 4.92. The van der Waals surface area contributed by atoms with Crippen LogP contribution >= 0.6 is 0 Å². The number of rotatable bonds is 7. The highest BCUT2D eigenvalue weighted by atomic mass is 16.2. The Morgan fingerprint density at radius 2 is 1.67 bits per heavy atom. The molecule has 1 aliphatic rings. The van der Waals surface area contributed by atoms with Gasteiger partial charge in [0.2, 0.25) is 5.91 Å². The van der Waals surface area contributed by atoms with E-state index in [2.05, 4.69) is 36.5 Å².